The van der Waals surface area contributed by atoms with Crippen molar-refractivity contribution in [2.75, 3.05) is 11.9 Å². The van der Waals surface area contributed by atoms with E-state index in [2.05, 4.69) is 4.85 Å². The lowest BCUT2D eigenvalue weighted by molar-refractivity contribution is -0.137. The van der Waals surface area contributed by atoms with Gasteiger partial charge in [0, 0.05) is 5.02 Å². The topological polar surface area (TPSA) is 33.5 Å². The summed E-state index contributed by atoms with van der Waals surface area (Å²) in [4.78, 5) is 13.8. The number of carbonyl (C=O) groups excluding carboxylic acids is 1. The minimum Gasteiger partial charge on any atom is -0.319 e. The molecule has 0 aliphatic carbocycles. The SMILES string of the molecule is [C-]#[N+]CC(=O)Nc1ccc(Cl)cc1C(F)(F)F. The zero-order chi connectivity index (χ0) is 13.1. The summed E-state index contributed by atoms with van der Waals surface area (Å²) >= 11 is 5.46. The fraction of sp³-hybridized carbons (Fsp3) is 0.200. The van der Waals surface area contributed by atoms with Crippen LogP contribution in [-0.4, -0.2) is 12.5 Å². The molecule has 0 unspecified atom stereocenters. The summed E-state index contributed by atoms with van der Waals surface area (Å²) in [7, 11) is 0. The number of anilines is 1. The minimum atomic E-state index is -4.62. The van der Waals surface area contributed by atoms with Gasteiger partial charge in [0.15, 0.2) is 0 Å². The first kappa shape index (κ1) is 13.3. The van der Waals surface area contributed by atoms with Gasteiger partial charge >= 0.3 is 12.1 Å². The number of rotatable bonds is 2. The van der Waals surface area contributed by atoms with E-state index in [-0.39, 0.29) is 5.02 Å². The molecular weight excluding hydrogens is 257 g/mol. The summed E-state index contributed by atoms with van der Waals surface area (Å²) in [5.41, 5.74) is -1.45. The van der Waals surface area contributed by atoms with Crippen molar-refractivity contribution >= 4 is 23.2 Å². The lowest BCUT2D eigenvalue weighted by atomic mass is 10.1. The third-order valence-electron chi connectivity index (χ3n) is 1.78. The highest BCUT2D eigenvalue weighted by Gasteiger charge is 2.34. The molecule has 7 heteroatoms. The van der Waals surface area contributed by atoms with Crippen LogP contribution in [-0.2, 0) is 11.0 Å². The minimum absolute atomic E-state index is 0.0829. The molecule has 1 amide bonds. The fourth-order valence-electron chi connectivity index (χ4n) is 1.12. The van der Waals surface area contributed by atoms with Crippen molar-refractivity contribution in [1.82, 2.24) is 0 Å². The van der Waals surface area contributed by atoms with E-state index in [9.17, 15) is 18.0 Å². The van der Waals surface area contributed by atoms with Gasteiger partial charge in [0.25, 0.3) is 6.54 Å². The molecular formula is C10H6ClF3N2O. The monoisotopic (exact) mass is 262 g/mol. The number of hydrogen-bond acceptors (Lipinski definition) is 1. The zero-order valence-corrected chi connectivity index (χ0v) is 9.06. The Labute approximate surface area is 100 Å². The van der Waals surface area contributed by atoms with Crippen LogP contribution in [0.3, 0.4) is 0 Å². The smallest absolute Gasteiger partial charge is 0.319 e. The summed E-state index contributed by atoms with van der Waals surface area (Å²) in [5.74, 6) is -0.798. The Hall–Kier alpha value is -1.74. The molecule has 90 valence electrons. The van der Waals surface area contributed by atoms with Crippen LogP contribution in [0.2, 0.25) is 5.02 Å². The average Bonchev–Trinajstić information content (AvgIpc) is 2.19. The first-order valence-electron chi connectivity index (χ1n) is 4.34. The Kier molecular flexibility index (Phi) is 3.97. The maximum atomic E-state index is 12.6. The summed E-state index contributed by atoms with van der Waals surface area (Å²) in [6.07, 6.45) is -4.62. The molecule has 0 atom stereocenters. The number of benzene rings is 1. The third-order valence-corrected chi connectivity index (χ3v) is 2.02. The molecule has 0 aliphatic rings. The van der Waals surface area contributed by atoms with Crippen molar-refractivity contribution in [3.05, 3.63) is 40.2 Å². The van der Waals surface area contributed by atoms with Gasteiger partial charge < -0.3 is 10.2 Å². The van der Waals surface area contributed by atoms with E-state index in [0.717, 1.165) is 12.1 Å². The Balaban J connectivity index is 3.08. The van der Waals surface area contributed by atoms with Gasteiger partial charge in [-0.1, -0.05) is 11.6 Å². The molecule has 1 N–H and O–H groups in total. The number of nitrogens with one attached hydrogen (secondary N) is 1. The second-order valence-corrected chi connectivity index (χ2v) is 3.49. The number of nitrogens with zero attached hydrogens (tertiary/aromatic N) is 1. The van der Waals surface area contributed by atoms with Crippen molar-refractivity contribution in [2.24, 2.45) is 0 Å². The molecule has 0 aliphatic heterocycles. The van der Waals surface area contributed by atoms with E-state index >= 15 is 0 Å². The van der Waals surface area contributed by atoms with E-state index in [1.54, 1.807) is 0 Å². The van der Waals surface area contributed by atoms with Crippen molar-refractivity contribution < 1.29 is 18.0 Å². The number of amides is 1. The lowest BCUT2D eigenvalue weighted by Gasteiger charge is -2.12. The van der Waals surface area contributed by atoms with Crippen LogP contribution in [0, 0.1) is 6.57 Å². The van der Waals surface area contributed by atoms with Crippen LogP contribution in [0.1, 0.15) is 5.56 Å². The largest absolute Gasteiger partial charge is 0.418 e. The molecule has 1 rings (SSSR count). The van der Waals surface area contributed by atoms with Gasteiger partial charge in [-0.15, -0.1) is 0 Å². The van der Waals surface area contributed by atoms with Crippen LogP contribution in [0.25, 0.3) is 4.85 Å². The van der Waals surface area contributed by atoms with Gasteiger partial charge in [0.1, 0.15) is 0 Å². The molecule has 0 radical (unpaired) electrons. The second-order valence-electron chi connectivity index (χ2n) is 3.05. The summed E-state index contributed by atoms with van der Waals surface area (Å²) < 4.78 is 37.8. The number of alkyl halides is 3. The molecule has 0 heterocycles. The highest BCUT2D eigenvalue weighted by atomic mass is 35.5. The predicted octanol–water partition coefficient (Wildman–Crippen LogP) is 3.22. The van der Waals surface area contributed by atoms with Crippen LogP contribution in [0.15, 0.2) is 18.2 Å². The number of hydrogen-bond donors (Lipinski definition) is 1. The summed E-state index contributed by atoms with van der Waals surface area (Å²) in [5, 5.41) is 1.93. The van der Waals surface area contributed by atoms with E-state index in [1.165, 1.54) is 6.07 Å². The maximum absolute atomic E-state index is 12.6. The third kappa shape index (κ3) is 3.64. The molecule has 0 saturated carbocycles. The molecule has 0 spiro atoms. The Bertz CT molecular complexity index is 479. The molecule has 17 heavy (non-hydrogen) atoms. The Morgan fingerprint density at radius 3 is 2.65 bits per heavy atom. The number of halogens is 4. The zero-order valence-electron chi connectivity index (χ0n) is 8.31. The quantitative estimate of drug-likeness (QED) is 0.816. The normalized spacial score (nSPS) is 10.8. The van der Waals surface area contributed by atoms with Crippen molar-refractivity contribution in [2.45, 2.75) is 6.18 Å². The molecule has 1 aromatic rings. The van der Waals surface area contributed by atoms with E-state index in [1.807, 2.05) is 5.32 Å². The summed E-state index contributed by atoms with van der Waals surface area (Å²) in [6.45, 7) is 5.90. The first-order valence-corrected chi connectivity index (χ1v) is 4.72. The van der Waals surface area contributed by atoms with Crippen LogP contribution in [0.5, 0.6) is 0 Å². The van der Waals surface area contributed by atoms with Crippen LogP contribution in [0.4, 0.5) is 18.9 Å². The highest BCUT2D eigenvalue weighted by Crippen LogP contribution is 2.36. The van der Waals surface area contributed by atoms with E-state index in [4.69, 9.17) is 18.2 Å². The van der Waals surface area contributed by atoms with Crippen molar-refractivity contribution in [3.63, 3.8) is 0 Å². The maximum Gasteiger partial charge on any atom is 0.418 e. The molecule has 1 aromatic carbocycles. The molecule has 0 bridgehead atoms. The van der Waals surface area contributed by atoms with Crippen molar-refractivity contribution in [1.29, 1.82) is 0 Å². The van der Waals surface area contributed by atoms with Gasteiger partial charge in [-0.3, -0.25) is 4.79 Å². The molecule has 3 nitrogen and oxygen atoms in total. The van der Waals surface area contributed by atoms with Gasteiger partial charge in [-0.2, -0.15) is 13.2 Å². The van der Waals surface area contributed by atoms with Gasteiger partial charge in [0.05, 0.1) is 11.3 Å². The van der Waals surface area contributed by atoms with Crippen molar-refractivity contribution in [3.8, 4) is 0 Å². The van der Waals surface area contributed by atoms with Gasteiger partial charge in [0.2, 0.25) is 0 Å². The Morgan fingerprint density at radius 2 is 2.12 bits per heavy atom. The van der Waals surface area contributed by atoms with Gasteiger partial charge in [-0.25, -0.2) is 6.57 Å². The Morgan fingerprint density at radius 1 is 1.47 bits per heavy atom. The molecule has 0 saturated heterocycles. The average molecular weight is 263 g/mol. The highest BCUT2D eigenvalue weighted by molar-refractivity contribution is 6.30. The standard InChI is InChI=1S/C10H6ClF3N2O/c1-15-5-9(17)16-8-3-2-6(11)4-7(8)10(12,13)14/h2-4H,5H2,(H,16,17). The second kappa shape index (κ2) is 5.06. The first-order chi connectivity index (χ1) is 7.84. The summed E-state index contributed by atoms with van der Waals surface area (Å²) in [6, 6.07) is 2.99. The molecule has 0 aromatic heterocycles. The fourth-order valence-corrected chi connectivity index (χ4v) is 1.29. The van der Waals surface area contributed by atoms with Gasteiger partial charge in [-0.05, 0) is 18.2 Å². The van der Waals surface area contributed by atoms with Crippen LogP contribution >= 0.6 is 11.6 Å². The lowest BCUT2D eigenvalue weighted by Crippen LogP contribution is -2.18. The van der Waals surface area contributed by atoms with E-state index < -0.39 is 29.9 Å². The van der Waals surface area contributed by atoms with Crippen LogP contribution < -0.4 is 5.32 Å². The predicted molar refractivity (Wildman–Crippen MR) is 56.6 cm³/mol. The molecule has 0 fully saturated rings. The number of carbonyl (C=O) groups is 1. The van der Waals surface area contributed by atoms with E-state index in [0.29, 0.717) is 0 Å².